The van der Waals surface area contributed by atoms with Crippen molar-refractivity contribution in [1.29, 1.82) is 0 Å². The Kier molecular flexibility index (Phi) is 3.68. The first-order chi connectivity index (χ1) is 12.5. The lowest BCUT2D eigenvalue weighted by atomic mass is 10.0. The molecule has 130 valence electrons. The normalized spacial score (nSPS) is 11.9. The summed E-state index contributed by atoms with van der Waals surface area (Å²) in [4.78, 5) is 23.4. The minimum atomic E-state index is -0.453. The molecule has 0 bridgehead atoms. The van der Waals surface area contributed by atoms with E-state index in [1.54, 1.807) is 13.8 Å². The van der Waals surface area contributed by atoms with Crippen LogP contribution in [0.1, 0.15) is 32.9 Å². The number of Topliss-reactive ketones (excluding diaryl/α,β-unsaturated/α-hetero) is 1. The third-order valence-electron chi connectivity index (χ3n) is 4.94. The first-order valence-corrected chi connectivity index (χ1v) is 8.38. The highest BCUT2D eigenvalue weighted by atomic mass is 16.6. The summed E-state index contributed by atoms with van der Waals surface area (Å²) < 4.78 is 1.41. The summed E-state index contributed by atoms with van der Waals surface area (Å²) in [5, 5.41) is 15.3. The van der Waals surface area contributed by atoms with Gasteiger partial charge >= 0.3 is 5.69 Å². The zero-order valence-electron chi connectivity index (χ0n) is 14.5. The Morgan fingerprint density at radius 3 is 2.62 bits per heavy atom. The van der Waals surface area contributed by atoms with Crippen LogP contribution in [0.2, 0.25) is 0 Å². The number of nitrogens with zero attached hydrogens (tertiary/aromatic N) is 3. The zero-order valence-corrected chi connectivity index (χ0v) is 14.5. The second-order valence-electron chi connectivity index (χ2n) is 6.56. The molecule has 0 fully saturated rings. The van der Waals surface area contributed by atoms with Gasteiger partial charge in [0.05, 0.1) is 4.92 Å². The van der Waals surface area contributed by atoms with E-state index < -0.39 is 4.92 Å². The second-order valence-corrected chi connectivity index (χ2v) is 6.56. The maximum atomic E-state index is 12.7. The van der Waals surface area contributed by atoms with E-state index in [1.165, 1.54) is 21.4 Å². The van der Waals surface area contributed by atoms with Gasteiger partial charge < -0.3 is 0 Å². The summed E-state index contributed by atoms with van der Waals surface area (Å²) in [6.45, 7) is 3.18. The number of carbonyl (C=O) groups is 1. The Morgan fingerprint density at radius 2 is 1.88 bits per heavy atom. The average Bonchev–Trinajstić information content (AvgIpc) is 3.11. The van der Waals surface area contributed by atoms with Gasteiger partial charge in [0.25, 0.3) is 0 Å². The van der Waals surface area contributed by atoms with E-state index in [0.717, 1.165) is 12.0 Å². The molecule has 1 aromatic heterocycles. The number of hydrogen-bond donors (Lipinski definition) is 0. The van der Waals surface area contributed by atoms with E-state index in [9.17, 15) is 14.9 Å². The smallest absolute Gasteiger partial charge is 0.292 e. The van der Waals surface area contributed by atoms with Crippen molar-refractivity contribution in [3.05, 3.63) is 80.7 Å². The maximum absolute atomic E-state index is 12.7. The fourth-order valence-electron chi connectivity index (χ4n) is 3.63. The molecule has 0 saturated heterocycles. The Balaban J connectivity index is 1.65. The zero-order chi connectivity index (χ0) is 18.4. The first-order valence-electron chi connectivity index (χ1n) is 8.38. The summed E-state index contributed by atoms with van der Waals surface area (Å²) in [5.41, 5.74) is 6.02. The van der Waals surface area contributed by atoms with Gasteiger partial charge in [-0.05, 0) is 48.6 Å². The Hall–Kier alpha value is -3.28. The molecule has 6 heteroatoms. The predicted molar refractivity (Wildman–Crippen MR) is 97.4 cm³/mol. The van der Waals surface area contributed by atoms with Crippen molar-refractivity contribution < 1.29 is 9.72 Å². The number of fused-ring (bicyclic) bond motifs is 3. The second kappa shape index (κ2) is 5.91. The van der Waals surface area contributed by atoms with Gasteiger partial charge in [0.1, 0.15) is 17.9 Å². The van der Waals surface area contributed by atoms with Crippen LogP contribution < -0.4 is 0 Å². The van der Waals surface area contributed by atoms with Gasteiger partial charge in [0.2, 0.25) is 0 Å². The molecular weight excluding hydrogens is 330 g/mol. The minimum Gasteiger partial charge on any atom is -0.292 e. The van der Waals surface area contributed by atoms with Crippen LogP contribution in [0.15, 0.2) is 42.5 Å². The molecule has 0 amide bonds. The monoisotopic (exact) mass is 347 g/mol. The molecule has 0 aliphatic heterocycles. The van der Waals surface area contributed by atoms with Crippen LogP contribution in [-0.2, 0) is 13.0 Å². The number of rotatable bonds is 4. The highest BCUT2D eigenvalue weighted by Crippen LogP contribution is 2.37. The molecule has 1 aliphatic carbocycles. The average molecular weight is 347 g/mol. The molecule has 1 aliphatic rings. The number of aromatic nitrogens is 2. The Morgan fingerprint density at radius 1 is 1.15 bits per heavy atom. The molecule has 0 unspecified atom stereocenters. The standard InChI is InChI=1S/C20H17N3O3/c1-12-20(23(25)26)13(2)22(21-12)11-19(24)16-8-7-15-9-14-5-3-4-6-17(14)18(15)10-16/h3-8,10H,9,11H2,1-2H3. The summed E-state index contributed by atoms with van der Waals surface area (Å²) in [7, 11) is 0. The lowest BCUT2D eigenvalue weighted by molar-refractivity contribution is -0.386. The first kappa shape index (κ1) is 16.2. The summed E-state index contributed by atoms with van der Waals surface area (Å²) in [5.74, 6) is -0.113. The summed E-state index contributed by atoms with van der Waals surface area (Å²) in [6, 6.07) is 13.9. The van der Waals surface area contributed by atoms with E-state index in [0.29, 0.717) is 17.0 Å². The van der Waals surface area contributed by atoms with Crippen molar-refractivity contribution in [2.45, 2.75) is 26.8 Å². The lowest BCUT2D eigenvalue weighted by Gasteiger charge is -2.06. The van der Waals surface area contributed by atoms with Crippen molar-refractivity contribution in [2.75, 3.05) is 0 Å². The number of benzene rings is 2. The van der Waals surface area contributed by atoms with Crippen LogP contribution in [0.5, 0.6) is 0 Å². The molecule has 2 aromatic carbocycles. The van der Waals surface area contributed by atoms with Crippen LogP contribution in [0.4, 0.5) is 5.69 Å². The van der Waals surface area contributed by atoms with E-state index in [2.05, 4.69) is 17.2 Å². The molecule has 3 aromatic rings. The van der Waals surface area contributed by atoms with E-state index in [-0.39, 0.29) is 18.0 Å². The molecule has 0 N–H and O–H groups in total. The van der Waals surface area contributed by atoms with Gasteiger partial charge in [-0.3, -0.25) is 19.6 Å². The summed E-state index contributed by atoms with van der Waals surface area (Å²) >= 11 is 0. The van der Waals surface area contributed by atoms with Crippen LogP contribution in [0.25, 0.3) is 11.1 Å². The van der Waals surface area contributed by atoms with Crippen molar-refractivity contribution in [2.24, 2.45) is 0 Å². The molecule has 0 spiro atoms. The SMILES string of the molecule is Cc1nn(CC(=O)c2ccc3c(c2)-c2ccccc2C3)c(C)c1[N+](=O)[O-]. The van der Waals surface area contributed by atoms with Crippen LogP contribution in [-0.4, -0.2) is 20.5 Å². The number of aryl methyl sites for hydroxylation is 1. The Labute approximate surface area is 150 Å². The minimum absolute atomic E-state index is 0.0129. The van der Waals surface area contributed by atoms with E-state index in [1.807, 2.05) is 30.3 Å². The number of nitro groups is 1. The lowest BCUT2D eigenvalue weighted by Crippen LogP contribution is -2.13. The number of ketones is 1. The molecule has 4 rings (SSSR count). The maximum Gasteiger partial charge on any atom is 0.312 e. The topological polar surface area (TPSA) is 78.0 Å². The Bertz CT molecular complexity index is 1070. The number of hydrogen-bond acceptors (Lipinski definition) is 4. The molecule has 0 radical (unpaired) electrons. The van der Waals surface area contributed by atoms with Crippen LogP contribution >= 0.6 is 0 Å². The van der Waals surface area contributed by atoms with Crippen LogP contribution in [0.3, 0.4) is 0 Å². The molecule has 26 heavy (non-hydrogen) atoms. The summed E-state index contributed by atoms with van der Waals surface area (Å²) in [6.07, 6.45) is 0.879. The molecule has 0 atom stereocenters. The van der Waals surface area contributed by atoms with Crippen molar-refractivity contribution in [3.8, 4) is 11.1 Å². The fraction of sp³-hybridized carbons (Fsp3) is 0.200. The number of carbonyl (C=O) groups excluding carboxylic acids is 1. The van der Waals surface area contributed by atoms with E-state index >= 15 is 0 Å². The third-order valence-corrected chi connectivity index (χ3v) is 4.94. The highest BCUT2D eigenvalue weighted by molar-refractivity contribution is 5.98. The van der Waals surface area contributed by atoms with Gasteiger partial charge in [0, 0.05) is 5.56 Å². The van der Waals surface area contributed by atoms with Crippen molar-refractivity contribution >= 4 is 11.5 Å². The van der Waals surface area contributed by atoms with E-state index in [4.69, 9.17) is 0 Å². The van der Waals surface area contributed by atoms with Gasteiger partial charge in [-0.1, -0.05) is 36.4 Å². The van der Waals surface area contributed by atoms with Gasteiger partial charge in [0.15, 0.2) is 5.78 Å². The highest BCUT2D eigenvalue weighted by Gasteiger charge is 2.24. The fourth-order valence-corrected chi connectivity index (χ4v) is 3.63. The van der Waals surface area contributed by atoms with Gasteiger partial charge in [-0.15, -0.1) is 0 Å². The van der Waals surface area contributed by atoms with Crippen molar-refractivity contribution in [3.63, 3.8) is 0 Å². The quantitative estimate of drug-likeness (QED) is 0.319. The predicted octanol–water partition coefficient (Wildman–Crippen LogP) is 3.86. The third kappa shape index (κ3) is 2.50. The largest absolute Gasteiger partial charge is 0.312 e. The van der Waals surface area contributed by atoms with Crippen LogP contribution in [0, 0.1) is 24.0 Å². The van der Waals surface area contributed by atoms with Gasteiger partial charge in [-0.25, -0.2) is 0 Å². The molecule has 0 saturated carbocycles. The van der Waals surface area contributed by atoms with Gasteiger partial charge in [-0.2, -0.15) is 5.10 Å². The molecule has 6 nitrogen and oxygen atoms in total. The molecule has 1 heterocycles. The molecular formula is C20H17N3O3. The van der Waals surface area contributed by atoms with Crippen molar-refractivity contribution in [1.82, 2.24) is 9.78 Å².